The molecule has 36 heavy (non-hydrogen) atoms. The van der Waals surface area contributed by atoms with E-state index in [1.54, 1.807) is 28.9 Å². The topological polar surface area (TPSA) is 81.1 Å². The molecular formula is C29H39BrN2O4. The molecule has 3 rings (SSSR count). The first-order chi connectivity index (χ1) is 17.1. The Hall–Kier alpha value is -2.22. The minimum atomic E-state index is -1.72. The molecule has 2 aliphatic heterocycles. The van der Waals surface area contributed by atoms with Crippen LogP contribution in [0.3, 0.4) is 0 Å². The quantitative estimate of drug-likeness (QED) is 0.384. The number of nitrogens with zero attached hydrogens (tertiary/aromatic N) is 2. The number of aliphatic hydroxyl groups excluding tert-OH is 1. The van der Waals surface area contributed by atoms with E-state index in [2.05, 4.69) is 48.9 Å². The second-order valence-corrected chi connectivity index (χ2v) is 11.1. The second kappa shape index (κ2) is 12.3. The average molecular weight is 560 g/mol. The summed E-state index contributed by atoms with van der Waals surface area (Å²) >= 11 is 3.48. The van der Waals surface area contributed by atoms with E-state index in [9.17, 15) is 19.8 Å². The summed E-state index contributed by atoms with van der Waals surface area (Å²) in [5.74, 6) is -0.934. The lowest BCUT2D eigenvalue weighted by Crippen LogP contribution is -2.44. The van der Waals surface area contributed by atoms with Crippen molar-refractivity contribution in [1.29, 1.82) is 0 Å². The van der Waals surface area contributed by atoms with Gasteiger partial charge in [0.05, 0.1) is 18.3 Å². The maximum Gasteiger partial charge on any atom is 0.264 e. The average Bonchev–Trinajstić information content (AvgIpc) is 3.39. The molecule has 3 atom stereocenters. The van der Waals surface area contributed by atoms with Gasteiger partial charge in [0, 0.05) is 35.5 Å². The van der Waals surface area contributed by atoms with E-state index in [1.807, 2.05) is 18.2 Å². The Balaban J connectivity index is 1.76. The van der Waals surface area contributed by atoms with Crippen molar-refractivity contribution in [3.8, 4) is 0 Å². The number of carbonyl (C=O) groups is 2. The molecule has 1 fully saturated rings. The first kappa shape index (κ1) is 28.4. The summed E-state index contributed by atoms with van der Waals surface area (Å²) < 4.78 is 0.790. The number of hydrogen-bond acceptors (Lipinski definition) is 4. The fraction of sp³-hybridized carbons (Fsp3) is 0.517. The van der Waals surface area contributed by atoms with Gasteiger partial charge in [-0.2, -0.15) is 0 Å². The number of halogens is 1. The lowest BCUT2D eigenvalue weighted by Gasteiger charge is -2.27. The number of hydrogen-bond donors (Lipinski definition) is 2. The Morgan fingerprint density at radius 3 is 2.72 bits per heavy atom. The Bertz CT molecular complexity index is 1060. The molecule has 7 heteroatoms. The maximum atomic E-state index is 13.6. The predicted octanol–water partition coefficient (Wildman–Crippen LogP) is 5.24. The van der Waals surface area contributed by atoms with E-state index >= 15 is 0 Å². The molecule has 1 aromatic carbocycles. The van der Waals surface area contributed by atoms with Crippen molar-refractivity contribution in [2.24, 2.45) is 5.92 Å². The van der Waals surface area contributed by atoms with E-state index in [0.29, 0.717) is 24.3 Å². The number of carbonyl (C=O) groups excluding carboxylic acids is 2. The third-order valence-electron chi connectivity index (χ3n) is 7.23. The van der Waals surface area contributed by atoms with Crippen molar-refractivity contribution in [3.63, 3.8) is 0 Å². The normalized spacial score (nSPS) is 22.9. The van der Waals surface area contributed by atoms with Gasteiger partial charge in [0.15, 0.2) is 5.60 Å². The minimum absolute atomic E-state index is 0.0233. The smallest absolute Gasteiger partial charge is 0.264 e. The van der Waals surface area contributed by atoms with Gasteiger partial charge in [0.2, 0.25) is 5.91 Å². The summed E-state index contributed by atoms with van der Waals surface area (Å²) in [6, 6.07) is 5.44. The molecule has 0 aromatic heterocycles. The van der Waals surface area contributed by atoms with Crippen molar-refractivity contribution >= 4 is 33.4 Å². The van der Waals surface area contributed by atoms with Crippen LogP contribution in [0.1, 0.15) is 65.4 Å². The molecule has 0 bridgehead atoms. The highest BCUT2D eigenvalue weighted by Crippen LogP contribution is 2.46. The molecule has 1 aromatic rings. The molecule has 6 nitrogen and oxygen atoms in total. The zero-order chi connectivity index (χ0) is 26.5. The van der Waals surface area contributed by atoms with Gasteiger partial charge in [-0.25, -0.2) is 0 Å². The Kier molecular flexibility index (Phi) is 9.72. The lowest BCUT2D eigenvalue weighted by molar-refractivity contribution is -0.139. The van der Waals surface area contributed by atoms with Crippen molar-refractivity contribution in [2.45, 2.75) is 71.4 Å². The second-order valence-electron chi connectivity index (χ2n) is 10.2. The van der Waals surface area contributed by atoms with E-state index in [1.165, 1.54) is 11.1 Å². The number of likely N-dealkylation sites (tertiary alicyclic amines) is 1. The Morgan fingerprint density at radius 2 is 2.03 bits per heavy atom. The first-order valence-electron chi connectivity index (χ1n) is 12.8. The standard InChI is InChI=1S/C29H39BrN2O4/c1-20(2)8-5-9-21(3)15-17-32-26-14-13-23(30)18-25(26)29(36,28(32)35)22(4)10-6-12-27(34)31-16-7-11-24(31)19-33/h6,8,10,13-15,18,22,24,33,36H,5,7,9,11-12,16-17,19H2,1-4H3/b10-6+,21-15+/t22-,24+,29+/m1/s1. The van der Waals surface area contributed by atoms with Gasteiger partial charge >= 0.3 is 0 Å². The summed E-state index contributed by atoms with van der Waals surface area (Å²) in [6.45, 7) is 9.07. The monoisotopic (exact) mass is 558 g/mol. The largest absolute Gasteiger partial charge is 0.394 e. The fourth-order valence-corrected chi connectivity index (χ4v) is 5.38. The van der Waals surface area contributed by atoms with Crippen LogP contribution in [0.4, 0.5) is 5.69 Å². The number of aliphatic hydroxyl groups is 2. The van der Waals surface area contributed by atoms with Crippen molar-refractivity contribution in [3.05, 3.63) is 63.7 Å². The van der Waals surface area contributed by atoms with Crippen LogP contribution in [-0.4, -0.2) is 52.7 Å². The van der Waals surface area contributed by atoms with Crippen LogP contribution in [0.5, 0.6) is 0 Å². The zero-order valence-electron chi connectivity index (χ0n) is 21.8. The van der Waals surface area contributed by atoms with Crippen LogP contribution in [0, 0.1) is 5.92 Å². The number of fused-ring (bicyclic) bond motifs is 1. The third kappa shape index (κ3) is 6.18. The molecular weight excluding hydrogens is 520 g/mol. The van der Waals surface area contributed by atoms with Crippen LogP contribution >= 0.6 is 15.9 Å². The SMILES string of the molecule is CC(C)=CCC/C(C)=C/CN1C(=O)[C@](O)([C@H](C)/C=C/CC(=O)N2CCC[C@H]2CO)c2cc(Br)ccc21. The number of benzene rings is 1. The van der Waals surface area contributed by atoms with Gasteiger partial charge < -0.3 is 20.0 Å². The summed E-state index contributed by atoms with van der Waals surface area (Å²) in [6.07, 6.45) is 11.5. The van der Waals surface area contributed by atoms with Crippen LogP contribution in [0.25, 0.3) is 0 Å². The van der Waals surface area contributed by atoms with Crippen LogP contribution in [0.15, 0.2) is 58.1 Å². The van der Waals surface area contributed by atoms with Gasteiger partial charge in [-0.05, 0) is 64.7 Å². The molecule has 1 saturated heterocycles. The Labute approximate surface area is 223 Å². The van der Waals surface area contributed by atoms with Crippen LogP contribution in [-0.2, 0) is 15.2 Å². The molecule has 0 unspecified atom stereocenters. The molecule has 0 radical (unpaired) electrons. The highest BCUT2D eigenvalue weighted by atomic mass is 79.9. The summed E-state index contributed by atoms with van der Waals surface area (Å²) in [4.78, 5) is 29.6. The first-order valence-corrected chi connectivity index (χ1v) is 13.6. The van der Waals surface area contributed by atoms with E-state index in [4.69, 9.17) is 0 Å². The van der Waals surface area contributed by atoms with E-state index in [0.717, 1.165) is 30.2 Å². The molecule has 2 amide bonds. The van der Waals surface area contributed by atoms with Crippen LogP contribution < -0.4 is 4.90 Å². The summed E-state index contributed by atoms with van der Waals surface area (Å²) in [5.41, 5.74) is 2.05. The summed E-state index contributed by atoms with van der Waals surface area (Å²) in [7, 11) is 0. The molecule has 0 spiro atoms. The van der Waals surface area contributed by atoms with Gasteiger partial charge in [-0.15, -0.1) is 0 Å². The molecule has 2 aliphatic rings. The number of amides is 2. The highest BCUT2D eigenvalue weighted by molar-refractivity contribution is 9.10. The van der Waals surface area contributed by atoms with E-state index < -0.39 is 11.5 Å². The fourth-order valence-electron chi connectivity index (χ4n) is 5.02. The van der Waals surface area contributed by atoms with Gasteiger partial charge in [-0.1, -0.05) is 58.3 Å². The molecule has 2 N–H and O–H groups in total. The lowest BCUT2D eigenvalue weighted by atomic mass is 9.83. The maximum absolute atomic E-state index is 13.6. The number of allylic oxidation sites excluding steroid dienone is 3. The third-order valence-corrected chi connectivity index (χ3v) is 7.72. The number of rotatable bonds is 10. The van der Waals surface area contributed by atoms with Crippen molar-refractivity contribution < 1.29 is 19.8 Å². The molecule has 0 saturated carbocycles. The predicted molar refractivity (Wildman–Crippen MR) is 148 cm³/mol. The van der Waals surface area contributed by atoms with Gasteiger partial charge in [0.25, 0.3) is 5.91 Å². The van der Waals surface area contributed by atoms with Crippen molar-refractivity contribution in [1.82, 2.24) is 4.90 Å². The van der Waals surface area contributed by atoms with Crippen molar-refractivity contribution in [2.75, 3.05) is 24.6 Å². The molecule has 0 aliphatic carbocycles. The van der Waals surface area contributed by atoms with Crippen LogP contribution in [0.2, 0.25) is 0 Å². The van der Waals surface area contributed by atoms with Gasteiger partial charge in [0.1, 0.15) is 0 Å². The molecule has 2 heterocycles. The zero-order valence-corrected chi connectivity index (χ0v) is 23.4. The highest BCUT2D eigenvalue weighted by Gasteiger charge is 2.52. The molecule has 196 valence electrons. The van der Waals surface area contributed by atoms with Gasteiger partial charge in [-0.3, -0.25) is 9.59 Å². The summed E-state index contributed by atoms with van der Waals surface area (Å²) in [5, 5.41) is 21.3. The Morgan fingerprint density at radius 1 is 1.28 bits per heavy atom. The number of anilines is 1. The minimum Gasteiger partial charge on any atom is -0.394 e. The van der Waals surface area contributed by atoms with E-state index in [-0.39, 0.29) is 30.9 Å².